The number of hydrogen-bond acceptors (Lipinski definition) is 5. The molecule has 104 valence electrons. The van der Waals surface area contributed by atoms with Crippen LogP contribution in [0.4, 0.5) is 10.1 Å². The summed E-state index contributed by atoms with van der Waals surface area (Å²) in [4.78, 5) is 9.79. The van der Waals surface area contributed by atoms with Crippen LogP contribution in [0.3, 0.4) is 0 Å². The molecule has 20 heavy (non-hydrogen) atoms. The lowest BCUT2D eigenvalue weighted by Crippen LogP contribution is -2.15. The van der Waals surface area contributed by atoms with Crippen LogP contribution in [0, 0.1) is 15.9 Å². The average Bonchev–Trinajstić information content (AvgIpc) is 3.13. The molecule has 8 heteroatoms. The first kappa shape index (κ1) is 12.7. The Morgan fingerprint density at radius 2 is 2.30 bits per heavy atom. The molecule has 1 fully saturated rings. The summed E-state index contributed by atoms with van der Waals surface area (Å²) in [6.45, 7) is 0.611. The zero-order valence-electron chi connectivity index (χ0n) is 10.5. The number of nitro groups is 1. The third-order valence-corrected chi connectivity index (χ3v) is 3.08. The van der Waals surface area contributed by atoms with Crippen LogP contribution in [0.5, 0.6) is 0 Å². The van der Waals surface area contributed by atoms with Crippen molar-refractivity contribution in [2.45, 2.75) is 25.4 Å². The average molecular weight is 277 g/mol. The zero-order valence-corrected chi connectivity index (χ0v) is 10.5. The second-order valence-corrected chi connectivity index (χ2v) is 4.70. The van der Waals surface area contributed by atoms with Crippen molar-refractivity contribution in [2.75, 3.05) is 0 Å². The lowest BCUT2D eigenvalue weighted by molar-refractivity contribution is -0.387. The maximum absolute atomic E-state index is 13.5. The fourth-order valence-electron chi connectivity index (χ4n) is 1.83. The zero-order chi connectivity index (χ0) is 14.1. The Morgan fingerprint density at radius 3 is 2.95 bits per heavy atom. The summed E-state index contributed by atoms with van der Waals surface area (Å²) in [6.07, 6.45) is 4.04. The van der Waals surface area contributed by atoms with Gasteiger partial charge in [-0.2, -0.15) is 4.39 Å². The molecule has 1 aliphatic rings. The molecule has 0 saturated heterocycles. The SMILES string of the molecule is O=[N+]([O-])c1ccc(-n2cc(CNC3CC3)nn2)cc1F. The van der Waals surface area contributed by atoms with E-state index >= 15 is 0 Å². The van der Waals surface area contributed by atoms with Crippen molar-refractivity contribution in [3.8, 4) is 5.69 Å². The smallest absolute Gasteiger partial charge is 0.304 e. The first-order chi connectivity index (χ1) is 9.63. The number of hydrogen-bond donors (Lipinski definition) is 1. The lowest BCUT2D eigenvalue weighted by atomic mass is 10.2. The highest BCUT2D eigenvalue weighted by molar-refractivity contribution is 5.41. The molecule has 0 bridgehead atoms. The minimum atomic E-state index is -0.888. The molecular weight excluding hydrogens is 265 g/mol. The molecule has 1 heterocycles. The van der Waals surface area contributed by atoms with Crippen molar-refractivity contribution in [1.29, 1.82) is 0 Å². The van der Waals surface area contributed by atoms with E-state index in [9.17, 15) is 14.5 Å². The standard InChI is InChI=1S/C12H12FN5O2/c13-11-5-10(3-4-12(11)18(19)20)17-7-9(15-16-17)6-14-8-1-2-8/h3-5,7-8,14H,1-2,6H2. The van der Waals surface area contributed by atoms with Crippen molar-refractivity contribution < 1.29 is 9.31 Å². The van der Waals surface area contributed by atoms with E-state index in [0.717, 1.165) is 17.8 Å². The van der Waals surface area contributed by atoms with E-state index in [1.54, 1.807) is 6.20 Å². The highest BCUT2D eigenvalue weighted by atomic mass is 19.1. The lowest BCUT2D eigenvalue weighted by Gasteiger charge is -2.00. The molecule has 0 unspecified atom stereocenters. The number of benzene rings is 1. The van der Waals surface area contributed by atoms with Crippen LogP contribution < -0.4 is 5.32 Å². The maximum atomic E-state index is 13.5. The topological polar surface area (TPSA) is 85.9 Å². The number of nitro benzene ring substituents is 1. The third-order valence-electron chi connectivity index (χ3n) is 3.08. The van der Waals surface area contributed by atoms with Gasteiger partial charge in [0.2, 0.25) is 5.82 Å². The van der Waals surface area contributed by atoms with Gasteiger partial charge in [-0.25, -0.2) is 4.68 Å². The molecule has 0 radical (unpaired) electrons. The molecule has 0 aliphatic heterocycles. The van der Waals surface area contributed by atoms with Gasteiger partial charge < -0.3 is 5.32 Å². The fraction of sp³-hybridized carbons (Fsp3) is 0.333. The monoisotopic (exact) mass is 277 g/mol. The van der Waals surface area contributed by atoms with Gasteiger partial charge in [0, 0.05) is 24.7 Å². The molecule has 1 aromatic heterocycles. The number of nitrogens with zero attached hydrogens (tertiary/aromatic N) is 4. The molecular formula is C12H12FN5O2. The van der Waals surface area contributed by atoms with Crippen LogP contribution >= 0.6 is 0 Å². The van der Waals surface area contributed by atoms with E-state index in [1.807, 2.05) is 0 Å². The summed E-state index contributed by atoms with van der Waals surface area (Å²) in [7, 11) is 0. The van der Waals surface area contributed by atoms with Gasteiger partial charge in [-0.3, -0.25) is 10.1 Å². The molecule has 1 aromatic carbocycles. The van der Waals surface area contributed by atoms with E-state index in [1.165, 1.54) is 23.6 Å². The first-order valence-corrected chi connectivity index (χ1v) is 6.22. The summed E-state index contributed by atoms with van der Waals surface area (Å²) >= 11 is 0. The third kappa shape index (κ3) is 2.64. The van der Waals surface area contributed by atoms with Crippen molar-refractivity contribution in [2.24, 2.45) is 0 Å². The Labute approximate surface area is 113 Å². The Bertz CT molecular complexity index is 653. The Balaban J connectivity index is 1.77. The molecule has 0 amide bonds. The van der Waals surface area contributed by atoms with Gasteiger partial charge in [-0.05, 0) is 18.9 Å². The molecule has 1 N–H and O–H groups in total. The van der Waals surface area contributed by atoms with E-state index in [-0.39, 0.29) is 0 Å². The first-order valence-electron chi connectivity index (χ1n) is 6.22. The van der Waals surface area contributed by atoms with Crippen molar-refractivity contribution >= 4 is 5.69 Å². The van der Waals surface area contributed by atoms with Crippen LogP contribution in [0.2, 0.25) is 0 Å². The minimum absolute atomic E-state index is 0.401. The van der Waals surface area contributed by atoms with Gasteiger partial charge in [0.25, 0.3) is 0 Å². The van der Waals surface area contributed by atoms with E-state index in [0.29, 0.717) is 18.3 Å². The second-order valence-electron chi connectivity index (χ2n) is 4.70. The molecule has 2 aromatic rings. The number of halogens is 1. The quantitative estimate of drug-likeness (QED) is 0.662. The number of rotatable bonds is 5. The minimum Gasteiger partial charge on any atom is -0.308 e. The summed E-state index contributed by atoms with van der Waals surface area (Å²) < 4.78 is 14.9. The summed E-state index contributed by atoms with van der Waals surface area (Å²) in [6, 6.07) is 4.20. The van der Waals surface area contributed by atoms with E-state index < -0.39 is 16.4 Å². The van der Waals surface area contributed by atoms with Crippen molar-refractivity contribution in [1.82, 2.24) is 20.3 Å². The number of nitrogens with one attached hydrogen (secondary N) is 1. The van der Waals surface area contributed by atoms with Crippen LogP contribution in [-0.2, 0) is 6.54 Å². The van der Waals surface area contributed by atoms with Gasteiger partial charge in [0.15, 0.2) is 0 Å². The van der Waals surface area contributed by atoms with E-state index in [2.05, 4.69) is 15.6 Å². The molecule has 3 rings (SSSR count). The highest BCUT2D eigenvalue weighted by Crippen LogP contribution is 2.21. The molecule has 1 aliphatic carbocycles. The molecule has 0 spiro atoms. The van der Waals surface area contributed by atoms with Gasteiger partial charge >= 0.3 is 5.69 Å². The van der Waals surface area contributed by atoms with Crippen molar-refractivity contribution in [3.63, 3.8) is 0 Å². The van der Waals surface area contributed by atoms with Crippen LogP contribution in [0.25, 0.3) is 5.69 Å². The van der Waals surface area contributed by atoms with Gasteiger partial charge in [-0.15, -0.1) is 5.10 Å². The van der Waals surface area contributed by atoms with Gasteiger partial charge in [0.1, 0.15) is 0 Å². The normalized spacial score (nSPS) is 14.4. The van der Waals surface area contributed by atoms with Crippen LogP contribution in [0.1, 0.15) is 18.5 Å². The maximum Gasteiger partial charge on any atom is 0.304 e. The van der Waals surface area contributed by atoms with Crippen LogP contribution in [0.15, 0.2) is 24.4 Å². The molecule has 0 atom stereocenters. The Kier molecular flexibility index (Phi) is 3.15. The fourth-order valence-corrected chi connectivity index (χ4v) is 1.83. The summed E-state index contributed by atoms with van der Waals surface area (Å²) in [5.74, 6) is -0.888. The van der Waals surface area contributed by atoms with E-state index in [4.69, 9.17) is 0 Å². The predicted octanol–water partition coefficient (Wildman–Crippen LogP) is 1.57. The predicted molar refractivity (Wildman–Crippen MR) is 67.8 cm³/mol. The largest absolute Gasteiger partial charge is 0.308 e. The second kappa shape index (κ2) is 4.97. The Morgan fingerprint density at radius 1 is 1.50 bits per heavy atom. The highest BCUT2D eigenvalue weighted by Gasteiger charge is 2.20. The number of aromatic nitrogens is 3. The molecule has 1 saturated carbocycles. The summed E-state index contributed by atoms with van der Waals surface area (Å²) in [5, 5.41) is 21.7. The van der Waals surface area contributed by atoms with Crippen LogP contribution in [-0.4, -0.2) is 26.0 Å². The molecule has 7 nitrogen and oxygen atoms in total. The summed E-state index contributed by atoms with van der Waals surface area (Å²) in [5.41, 5.74) is 0.596. The Hall–Kier alpha value is -2.35. The van der Waals surface area contributed by atoms with Gasteiger partial charge in [0.05, 0.1) is 22.5 Å². The van der Waals surface area contributed by atoms with Crippen molar-refractivity contribution in [3.05, 3.63) is 46.0 Å². The van der Waals surface area contributed by atoms with Gasteiger partial charge in [-0.1, -0.05) is 5.21 Å².